The number of fused-ring (bicyclic) bond motifs is 2. The number of aldehydes is 1. The highest BCUT2D eigenvalue weighted by molar-refractivity contribution is 6.15. The second-order valence-corrected chi connectivity index (χ2v) is 8.13. The van der Waals surface area contributed by atoms with Crippen LogP contribution in [0.15, 0.2) is 40.9 Å². The summed E-state index contributed by atoms with van der Waals surface area (Å²) in [6.45, 7) is 2.64. The predicted molar refractivity (Wildman–Crippen MR) is 104 cm³/mol. The molecular weight excluding hydrogens is 356 g/mol. The van der Waals surface area contributed by atoms with E-state index in [0.29, 0.717) is 19.4 Å². The van der Waals surface area contributed by atoms with Crippen LogP contribution in [0.2, 0.25) is 0 Å². The van der Waals surface area contributed by atoms with Crippen molar-refractivity contribution >= 4 is 23.7 Å². The number of hydrogen-bond acceptors (Lipinski definition) is 6. The molecule has 3 fully saturated rings. The molecule has 146 valence electrons. The van der Waals surface area contributed by atoms with Gasteiger partial charge in [-0.15, -0.1) is 0 Å². The number of methoxy groups -OCH3 is 2. The van der Waals surface area contributed by atoms with Crippen molar-refractivity contribution in [3.05, 3.63) is 41.5 Å². The fraction of sp³-hybridized carbons (Fsp3) is 0.500. The van der Waals surface area contributed by atoms with E-state index in [4.69, 9.17) is 14.5 Å². The highest BCUT2D eigenvalue weighted by Crippen LogP contribution is 2.66. The lowest BCUT2D eigenvalue weighted by molar-refractivity contribution is -0.176. The Morgan fingerprint density at radius 3 is 2.79 bits per heavy atom. The lowest BCUT2D eigenvalue weighted by Gasteiger charge is -2.64. The number of ether oxygens (including phenoxy) is 2. The molecule has 1 aromatic rings. The second kappa shape index (κ2) is 5.84. The zero-order valence-electron chi connectivity index (χ0n) is 16.3. The maximum atomic E-state index is 13.4. The number of aliphatic imine (C=N–C) groups is 1. The van der Waals surface area contributed by atoms with E-state index in [-0.39, 0.29) is 18.2 Å². The van der Waals surface area contributed by atoms with Gasteiger partial charge in [-0.05, 0) is 25.0 Å². The average molecular weight is 380 g/mol. The van der Waals surface area contributed by atoms with Crippen LogP contribution in [0, 0.1) is 11.3 Å². The van der Waals surface area contributed by atoms with E-state index in [2.05, 4.69) is 4.90 Å². The number of benzene rings is 1. The lowest BCUT2D eigenvalue weighted by atomic mass is 9.43. The molecule has 6 heteroatoms. The maximum absolute atomic E-state index is 13.4. The van der Waals surface area contributed by atoms with Gasteiger partial charge in [-0.3, -0.25) is 14.7 Å². The SMILES string of the molecule is C/C=C1/CN2[C@@H](OC)C[C@]34C(=Nc5ccccc53)[C@@H]2C[C@@H]1[C@@]4(C=O)C(=O)OC. The summed E-state index contributed by atoms with van der Waals surface area (Å²) in [5.41, 5.74) is 1.63. The molecule has 4 aliphatic rings. The smallest absolute Gasteiger partial charge is 0.321 e. The first kappa shape index (κ1) is 17.8. The standard InChI is InChI=1S/C22H24N2O4/c1-4-13-11-24-17-9-15(13)22(12-25,20(26)28-3)21(10-18(24)27-2)14-7-5-6-8-16(14)23-19(17)21/h4-8,12,15,17-18H,9-11H2,1-3H3/b13-4-/t15-,17-,18-,21+,22-/m0/s1. The number of carbonyl (C=O) groups is 2. The van der Waals surface area contributed by atoms with E-state index in [0.717, 1.165) is 28.8 Å². The molecule has 3 heterocycles. The van der Waals surface area contributed by atoms with Crippen LogP contribution < -0.4 is 0 Å². The molecule has 1 saturated carbocycles. The maximum Gasteiger partial charge on any atom is 0.321 e. The van der Waals surface area contributed by atoms with E-state index in [1.54, 1.807) is 7.11 Å². The van der Waals surface area contributed by atoms with E-state index in [1.807, 2.05) is 37.3 Å². The third kappa shape index (κ3) is 1.74. The number of piperidine rings is 2. The predicted octanol–water partition coefficient (Wildman–Crippen LogP) is 2.40. The first-order chi connectivity index (χ1) is 13.6. The molecule has 0 amide bonds. The van der Waals surface area contributed by atoms with Gasteiger partial charge < -0.3 is 14.3 Å². The summed E-state index contributed by atoms with van der Waals surface area (Å²) in [7, 11) is 3.07. The minimum Gasteiger partial charge on any atom is -0.468 e. The molecule has 5 rings (SSSR count). The van der Waals surface area contributed by atoms with Gasteiger partial charge in [-0.2, -0.15) is 0 Å². The van der Waals surface area contributed by atoms with E-state index in [1.165, 1.54) is 7.11 Å². The number of nitrogens with zero attached hydrogens (tertiary/aromatic N) is 2. The third-order valence-electron chi connectivity index (χ3n) is 7.49. The first-order valence-electron chi connectivity index (χ1n) is 9.76. The van der Waals surface area contributed by atoms with Crippen LogP contribution in [0.3, 0.4) is 0 Å². The number of rotatable bonds is 3. The van der Waals surface area contributed by atoms with Gasteiger partial charge in [0.2, 0.25) is 0 Å². The summed E-state index contributed by atoms with van der Waals surface area (Å²) >= 11 is 0. The number of carbonyl (C=O) groups excluding carboxylic acids is 2. The Kier molecular flexibility index (Phi) is 3.71. The molecule has 28 heavy (non-hydrogen) atoms. The van der Waals surface area contributed by atoms with Gasteiger partial charge in [-0.25, -0.2) is 0 Å². The Bertz CT molecular complexity index is 938. The van der Waals surface area contributed by atoms with Crippen LogP contribution in [-0.2, 0) is 24.5 Å². The van der Waals surface area contributed by atoms with Crippen LogP contribution in [0.5, 0.6) is 0 Å². The van der Waals surface area contributed by atoms with Gasteiger partial charge >= 0.3 is 5.97 Å². The van der Waals surface area contributed by atoms with Crippen molar-refractivity contribution in [3.63, 3.8) is 0 Å². The summed E-state index contributed by atoms with van der Waals surface area (Å²) in [5, 5.41) is 0. The topological polar surface area (TPSA) is 68.2 Å². The van der Waals surface area contributed by atoms with Crippen LogP contribution in [0.1, 0.15) is 25.3 Å². The lowest BCUT2D eigenvalue weighted by Crippen LogP contribution is -2.76. The van der Waals surface area contributed by atoms with E-state index >= 15 is 0 Å². The van der Waals surface area contributed by atoms with Crippen LogP contribution in [0.25, 0.3) is 0 Å². The van der Waals surface area contributed by atoms with Gasteiger partial charge in [-0.1, -0.05) is 29.8 Å². The minimum absolute atomic E-state index is 0.0533. The fourth-order valence-corrected chi connectivity index (χ4v) is 6.37. The molecule has 6 nitrogen and oxygen atoms in total. The molecule has 3 bridgehead atoms. The Balaban J connectivity index is 1.90. The van der Waals surface area contributed by atoms with Crippen molar-refractivity contribution in [1.29, 1.82) is 0 Å². The zero-order chi connectivity index (χ0) is 19.7. The van der Waals surface area contributed by atoms with Crippen molar-refractivity contribution < 1.29 is 19.1 Å². The molecular formula is C22H24N2O4. The monoisotopic (exact) mass is 380 g/mol. The summed E-state index contributed by atoms with van der Waals surface area (Å²) in [4.78, 5) is 33.7. The van der Waals surface area contributed by atoms with Gasteiger partial charge in [0.15, 0.2) is 0 Å². The summed E-state index contributed by atoms with van der Waals surface area (Å²) in [6.07, 6.45) is 3.88. The molecule has 0 spiro atoms. The van der Waals surface area contributed by atoms with E-state index < -0.39 is 16.8 Å². The van der Waals surface area contributed by atoms with Gasteiger partial charge in [0, 0.05) is 31.7 Å². The van der Waals surface area contributed by atoms with Crippen LogP contribution in [-0.4, -0.2) is 55.9 Å². The first-order valence-corrected chi connectivity index (χ1v) is 9.76. The molecule has 1 aliphatic carbocycles. The molecule has 0 aromatic heterocycles. The zero-order valence-corrected chi connectivity index (χ0v) is 16.3. The largest absolute Gasteiger partial charge is 0.468 e. The van der Waals surface area contributed by atoms with Crippen molar-refractivity contribution in [2.75, 3.05) is 20.8 Å². The average Bonchev–Trinajstić information content (AvgIpc) is 3.09. The summed E-state index contributed by atoms with van der Waals surface area (Å²) in [6, 6.07) is 7.92. The van der Waals surface area contributed by atoms with Crippen LogP contribution >= 0.6 is 0 Å². The number of hydrogen-bond donors (Lipinski definition) is 0. The number of para-hydroxylation sites is 1. The normalized spacial score (nSPS) is 39.3. The Labute approximate surface area is 164 Å². The molecule has 0 N–H and O–H groups in total. The minimum atomic E-state index is -1.34. The van der Waals surface area contributed by atoms with Gasteiger partial charge in [0.05, 0.1) is 24.3 Å². The van der Waals surface area contributed by atoms with Gasteiger partial charge in [0.1, 0.15) is 17.9 Å². The summed E-state index contributed by atoms with van der Waals surface area (Å²) in [5.74, 6) is -0.675. The highest BCUT2D eigenvalue weighted by Gasteiger charge is 2.75. The highest BCUT2D eigenvalue weighted by atomic mass is 16.5. The second-order valence-electron chi connectivity index (χ2n) is 8.13. The Morgan fingerprint density at radius 2 is 2.11 bits per heavy atom. The Morgan fingerprint density at radius 1 is 1.32 bits per heavy atom. The van der Waals surface area contributed by atoms with E-state index in [9.17, 15) is 9.59 Å². The van der Waals surface area contributed by atoms with Crippen molar-refractivity contribution in [3.8, 4) is 0 Å². The molecule has 2 saturated heterocycles. The molecule has 0 unspecified atom stereocenters. The van der Waals surface area contributed by atoms with Crippen molar-refractivity contribution in [1.82, 2.24) is 4.90 Å². The molecule has 0 radical (unpaired) electrons. The summed E-state index contributed by atoms with van der Waals surface area (Å²) < 4.78 is 11.2. The molecule has 3 aliphatic heterocycles. The molecule has 1 aromatic carbocycles. The number of esters is 1. The fourth-order valence-electron chi connectivity index (χ4n) is 6.37. The van der Waals surface area contributed by atoms with Crippen molar-refractivity contribution in [2.24, 2.45) is 16.3 Å². The Hall–Kier alpha value is -2.31. The van der Waals surface area contributed by atoms with Gasteiger partial charge in [0.25, 0.3) is 0 Å². The number of allylic oxidation sites excluding steroid dienone is 1. The third-order valence-corrected chi connectivity index (χ3v) is 7.49. The van der Waals surface area contributed by atoms with Crippen LogP contribution in [0.4, 0.5) is 5.69 Å². The quantitative estimate of drug-likeness (QED) is 0.349. The molecule has 5 atom stereocenters. The van der Waals surface area contributed by atoms with Crippen molar-refractivity contribution in [2.45, 2.75) is 37.5 Å².